The third-order valence-corrected chi connectivity index (χ3v) is 5.28. The number of methoxy groups -OCH3 is 1. The highest BCUT2D eigenvalue weighted by molar-refractivity contribution is 9.10. The number of hydrogen-bond acceptors (Lipinski definition) is 3. The highest BCUT2D eigenvalue weighted by atomic mass is 79.9. The molecule has 0 amide bonds. The molecule has 0 aliphatic rings. The Morgan fingerprint density at radius 1 is 1.40 bits per heavy atom. The number of nitrogens with one attached hydrogen (secondary N) is 1. The Labute approximate surface area is 137 Å². The first-order valence-corrected chi connectivity index (χ1v) is 8.38. The minimum Gasteiger partial charge on any atom is -0.496 e. The summed E-state index contributed by atoms with van der Waals surface area (Å²) < 4.78 is 6.61. The second-order valence-electron chi connectivity index (χ2n) is 4.45. The summed E-state index contributed by atoms with van der Waals surface area (Å²) in [4.78, 5) is 2.53. The van der Waals surface area contributed by atoms with Crippen LogP contribution in [0.25, 0.3) is 0 Å². The van der Waals surface area contributed by atoms with Crippen molar-refractivity contribution < 1.29 is 4.74 Å². The minimum atomic E-state index is 0.0975. The molecule has 0 fully saturated rings. The van der Waals surface area contributed by atoms with Gasteiger partial charge in [0.2, 0.25) is 0 Å². The molecule has 0 spiro atoms. The van der Waals surface area contributed by atoms with E-state index in [1.807, 2.05) is 18.2 Å². The van der Waals surface area contributed by atoms with Crippen LogP contribution in [0.3, 0.4) is 0 Å². The van der Waals surface area contributed by atoms with Gasteiger partial charge in [-0.2, -0.15) is 0 Å². The van der Waals surface area contributed by atoms with Crippen LogP contribution in [0.15, 0.2) is 28.7 Å². The van der Waals surface area contributed by atoms with Crippen molar-refractivity contribution in [3.63, 3.8) is 0 Å². The summed E-state index contributed by atoms with van der Waals surface area (Å²) in [7, 11) is 1.67. The molecule has 0 bridgehead atoms. The smallest absolute Gasteiger partial charge is 0.125 e. The van der Waals surface area contributed by atoms with Gasteiger partial charge in [-0.25, -0.2) is 0 Å². The summed E-state index contributed by atoms with van der Waals surface area (Å²) in [5.74, 6) is 0.807. The van der Waals surface area contributed by atoms with Crippen LogP contribution in [0.2, 0.25) is 5.02 Å². The summed E-state index contributed by atoms with van der Waals surface area (Å²) in [6, 6.07) is 8.02. The third kappa shape index (κ3) is 3.37. The fourth-order valence-corrected chi connectivity index (χ4v) is 4.31. The molecule has 1 atom stereocenters. The van der Waals surface area contributed by atoms with Gasteiger partial charge in [0.25, 0.3) is 0 Å². The maximum Gasteiger partial charge on any atom is 0.125 e. The number of aryl methyl sites for hydroxylation is 1. The molecule has 0 radical (unpaired) electrons. The summed E-state index contributed by atoms with van der Waals surface area (Å²) in [5.41, 5.74) is 1.10. The number of thiophene rings is 1. The molecule has 1 heterocycles. The van der Waals surface area contributed by atoms with Gasteiger partial charge in [-0.1, -0.05) is 24.6 Å². The summed E-state index contributed by atoms with van der Waals surface area (Å²) >= 11 is 11.5. The molecule has 0 aliphatic heterocycles. The van der Waals surface area contributed by atoms with Crippen LogP contribution in [-0.4, -0.2) is 13.7 Å². The van der Waals surface area contributed by atoms with Crippen LogP contribution >= 0.6 is 38.9 Å². The molecule has 1 N–H and O–H groups in total. The summed E-state index contributed by atoms with van der Waals surface area (Å²) in [6.45, 7) is 5.09. The van der Waals surface area contributed by atoms with E-state index in [4.69, 9.17) is 16.3 Å². The van der Waals surface area contributed by atoms with E-state index in [0.717, 1.165) is 22.3 Å². The van der Waals surface area contributed by atoms with Gasteiger partial charge in [-0.15, -0.1) is 11.3 Å². The SMILES string of the molecule is CCNC(c1ccc(Cl)cc1OC)c1sc(C)cc1Br. The molecular weight excluding hydrogens is 358 g/mol. The van der Waals surface area contributed by atoms with Crippen LogP contribution in [0.1, 0.15) is 28.3 Å². The Morgan fingerprint density at radius 3 is 2.70 bits per heavy atom. The molecule has 2 nitrogen and oxygen atoms in total. The lowest BCUT2D eigenvalue weighted by Gasteiger charge is -2.20. The van der Waals surface area contributed by atoms with E-state index in [0.29, 0.717) is 5.02 Å². The molecule has 108 valence electrons. The van der Waals surface area contributed by atoms with Crippen molar-refractivity contribution in [2.24, 2.45) is 0 Å². The van der Waals surface area contributed by atoms with Crippen molar-refractivity contribution in [1.29, 1.82) is 0 Å². The van der Waals surface area contributed by atoms with Crippen molar-refractivity contribution >= 4 is 38.9 Å². The molecule has 20 heavy (non-hydrogen) atoms. The van der Waals surface area contributed by atoms with E-state index in [9.17, 15) is 0 Å². The van der Waals surface area contributed by atoms with Gasteiger partial charge in [0.05, 0.1) is 13.2 Å². The molecule has 1 aromatic heterocycles. The van der Waals surface area contributed by atoms with Crippen molar-refractivity contribution in [2.75, 3.05) is 13.7 Å². The lowest BCUT2D eigenvalue weighted by molar-refractivity contribution is 0.404. The van der Waals surface area contributed by atoms with Crippen molar-refractivity contribution in [2.45, 2.75) is 19.9 Å². The van der Waals surface area contributed by atoms with Crippen LogP contribution in [0.5, 0.6) is 5.75 Å². The lowest BCUT2D eigenvalue weighted by Crippen LogP contribution is -2.22. The first kappa shape index (κ1) is 15.8. The number of benzene rings is 1. The molecule has 0 saturated carbocycles. The van der Waals surface area contributed by atoms with E-state index in [2.05, 4.69) is 41.2 Å². The first-order chi connectivity index (χ1) is 9.56. The van der Waals surface area contributed by atoms with Gasteiger partial charge in [0.15, 0.2) is 0 Å². The number of ether oxygens (including phenoxy) is 1. The highest BCUT2D eigenvalue weighted by Gasteiger charge is 2.21. The van der Waals surface area contributed by atoms with E-state index in [1.165, 1.54) is 9.75 Å². The van der Waals surface area contributed by atoms with Crippen molar-refractivity contribution in [1.82, 2.24) is 5.32 Å². The van der Waals surface area contributed by atoms with Gasteiger partial charge >= 0.3 is 0 Å². The number of halogens is 2. The second-order valence-corrected chi connectivity index (χ2v) is 7.02. The fourth-order valence-electron chi connectivity index (χ4n) is 2.17. The van der Waals surface area contributed by atoms with Gasteiger partial charge in [0, 0.05) is 24.8 Å². The fraction of sp³-hybridized carbons (Fsp3) is 0.333. The monoisotopic (exact) mass is 373 g/mol. The molecule has 1 unspecified atom stereocenters. The zero-order valence-corrected chi connectivity index (χ0v) is 14.8. The molecule has 0 aliphatic carbocycles. The maximum absolute atomic E-state index is 6.05. The van der Waals surface area contributed by atoms with Crippen LogP contribution in [0.4, 0.5) is 0 Å². The number of rotatable bonds is 5. The van der Waals surface area contributed by atoms with Crippen molar-refractivity contribution in [3.05, 3.63) is 49.1 Å². The molecule has 5 heteroatoms. The molecule has 2 aromatic rings. The van der Waals surface area contributed by atoms with Gasteiger partial charge in [-0.05, 0) is 47.6 Å². The number of hydrogen-bond donors (Lipinski definition) is 1. The Hall–Kier alpha value is -0.550. The molecule has 1 aromatic carbocycles. The predicted octanol–water partition coefficient (Wildman–Crippen LogP) is 5.18. The Bertz CT molecular complexity index is 600. The average molecular weight is 375 g/mol. The minimum absolute atomic E-state index is 0.0975. The van der Waals surface area contributed by atoms with Crippen LogP contribution < -0.4 is 10.1 Å². The zero-order chi connectivity index (χ0) is 14.7. The molecule has 2 rings (SSSR count). The standard InChI is InChI=1S/C15H17BrClNOS/c1-4-18-14(15-12(16)7-9(2)20-15)11-6-5-10(17)8-13(11)19-3/h5-8,14,18H,4H2,1-3H3. The summed E-state index contributed by atoms with van der Waals surface area (Å²) in [6.07, 6.45) is 0. The topological polar surface area (TPSA) is 21.3 Å². The lowest BCUT2D eigenvalue weighted by atomic mass is 10.0. The van der Waals surface area contributed by atoms with Crippen molar-refractivity contribution in [3.8, 4) is 5.75 Å². The Balaban J connectivity index is 2.51. The van der Waals surface area contributed by atoms with E-state index in [1.54, 1.807) is 18.4 Å². The van der Waals surface area contributed by atoms with Gasteiger partial charge in [0.1, 0.15) is 5.75 Å². The van der Waals surface area contributed by atoms with E-state index >= 15 is 0 Å². The predicted molar refractivity (Wildman–Crippen MR) is 90.3 cm³/mol. The molecular formula is C15H17BrClNOS. The van der Waals surface area contributed by atoms with E-state index in [-0.39, 0.29) is 6.04 Å². The Morgan fingerprint density at radius 2 is 2.15 bits per heavy atom. The normalized spacial score (nSPS) is 12.4. The zero-order valence-electron chi connectivity index (χ0n) is 11.7. The highest BCUT2D eigenvalue weighted by Crippen LogP contribution is 2.39. The van der Waals surface area contributed by atoms with Crippen LogP contribution in [0, 0.1) is 6.92 Å². The third-order valence-electron chi connectivity index (χ3n) is 3.01. The molecule has 0 saturated heterocycles. The maximum atomic E-state index is 6.05. The second kappa shape index (κ2) is 6.94. The van der Waals surface area contributed by atoms with Gasteiger partial charge < -0.3 is 10.1 Å². The Kier molecular flexibility index (Phi) is 5.49. The van der Waals surface area contributed by atoms with E-state index < -0.39 is 0 Å². The van der Waals surface area contributed by atoms with Crippen LogP contribution in [-0.2, 0) is 0 Å². The largest absolute Gasteiger partial charge is 0.496 e. The van der Waals surface area contributed by atoms with Gasteiger partial charge in [-0.3, -0.25) is 0 Å². The first-order valence-electron chi connectivity index (χ1n) is 6.39. The quantitative estimate of drug-likeness (QED) is 0.778. The summed E-state index contributed by atoms with van der Waals surface area (Å²) in [5, 5.41) is 4.20. The average Bonchev–Trinajstić information content (AvgIpc) is 2.75.